The standard InChI is InChI=1S/C11H9N5O2/c1-18-11(17)7-4-9(15-6-8(7)13)16-3-2-14-10(16)5-12/h2-4,6H,13H2,1H3. The fourth-order valence-electron chi connectivity index (χ4n) is 1.44. The van der Waals surface area contributed by atoms with Crippen molar-refractivity contribution in [2.45, 2.75) is 0 Å². The first-order valence-electron chi connectivity index (χ1n) is 4.95. The summed E-state index contributed by atoms with van der Waals surface area (Å²) in [6.45, 7) is 0. The topological polar surface area (TPSA) is 107 Å². The van der Waals surface area contributed by atoms with Gasteiger partial charge in [0, 0.05) is 12.4 Å². The number of nitrogen functional groups attached to an aromatic ring is 1. The Labute approximate surface area is 102 Å². The van der Waals surface area contributed by atoms with Gasteiger partial charge in [0.1, 0.15) is 11.9 Å². The zero-order chi connectivity index (χ0) is 13.1. The van der Waals surface area contributed by atoms with E-state index in [0.29, 0.717) is 5.82 Å². The van der Waals surface area contributed by atoms with Crippen molar-refractivity contribution in [2.24, 2.45) is 0 Å². The normalized spacial score (nSPS) is 9.78. The number of nitrogens with zero attached hydrogens (tertiary/aromatic N) is 4. The summed E-state index contributed by atoms with van der Waals surface area (Å²) in [6.07, 6.45) is 4.37. The van der Waals surface area contributed by atoms with Gasteiger partial charge >= 0.3 is 5.97 Å². The molecule has 2 aromatic heterocycles. The van der Waals surface area contributed by atoms with Crippen LogP contribution in [-0.4, -0.2) is 27.6 Å². The van der Waals surface area contributed by atoms with Crippen LogP contribution >= 0.6 is 0 Å². The number of carbonyl (C=O) groups excluding carboxylic acids is 1. The summed E-state index contributed by atoms with van der Waals surface area (Å²) < 4.78 is 6.06. The average Bonchev–Trinajstić information content (AvgIpc) is 2.86. The SMILES string of the molecule is COC(=O)c1cc(-n2ccnc2C#N)ncc1N. The third kappa shape index (κ3) is 1.87. The molecule has 7 nitrogen and oxygen atoms in total. The van der Waals surface area contributed by atoms with Gasteiger partial charge in [-0.05, 0) is 6.07 Å². The van der Waals surface area contributed by atoms with Crippen LogP contribution in [0, 0.1) is 11.3 Å². The molecule has 0 radical (unpaired) electrons. The van der Waals surface area contributed by atoms with Gasteiger partial charge in [-0.1, -0.05) is 0 Å². The lowest BCUT2D eigenvalue weighted by atomic mass is 10.2. The Morgan fingerprint density at radius 1 is 1.56 bits per heavy atom. The number of rotatable bonds is 2. The minimum absolute atomic E-state index is 0.170. The molecule has 2 rings (SSSR count). The molecule has 90 valence electrons. The average molecular weight is 243 g/mol. The van der Waals surface area contributed by atoms with Crippen molar-refractivity contribution in [2.75, 3.05) is 12.8 Å². The number of esters is 1. The van der Waals surface area contributed by atoms with Crippen LogP contribution in [0.5, 0.6) is 0 Å². The Balaban J connectivity index is 2.55. The first-order chi connectivity index (χ1) is 8.67. The van der Waals surface area contributed by atoms with Crippen LogP contribution < -0.4 is 5.73 Å². The molecule has 0 spiro atoms. The number of pyridine rings is 1. The van der Waals surface area contributed by atoms with Crippen LogP contribution in [-0.2, 0) is 4.74 Å². The third-order valence-electron chi connectivity index (χ3n) is 2.31. The maximum Gasteiger partial charge on any atom is 0.340 e. The van der Waals surface area contributed by atoms with Gasteiger partial charge < -0.3 is 10.5 Å². The lowest BCUT2D eigenvalue weighted by Crippen LogP contribution is -2.09. The summed E-state index contributed by atoms with van der Waals surface area (Å²) in [6, 6.07) is 3.36. The maximum absolute atomic E-state index is 11.5. The van der Waals surface area contributed by atoms with E-state index in [1.54, 1.807) is 6.20 Å². The van der Waals surface area contributed by atoms with Gasteiger partial charge in [0.25, 0.3) is 0 Å². The summed E-state index contributed by atoms with van der Waals surface area (Å²) >= 11 is 0. The molecule has 2 heterocycles. The van der Waals surface area contributed by atoms with Gasteiger partial charge in [-0.2, -0.15) is 5.26 Å². The Bertz CT molecular complexity index is 641. The maximum atomic E-state index is 11.5. The molecule has 0 aliphatic heterocycles. The Kier molecular flexibility index (Phi) is 2.93. The van der Waals surface area contributed by atoms with Crippen molar-refractivity contribution in [3.05, 3.63) is 36.0 Å². The molecule has 0 fully saturated rings. The molecular weight excluding hydrogens is 234 g/mol. The summed E-state index contributed by atoms with van der Waals surface area (Å²) in [4.78, 5) is 19.4. The molecule has 0 aliphatic rings. The Morgan fingerprint density at radius 2 is 2.33 bits per heavy atom. The molecule has 7 heteroatoms. The van der Waals surface area contributed by atoms with E-state index >= 15 is 0 Å². The molecule has 0 aliphatic carbocycles. The van der Waals surface area contributed by atoms with Gasteiger partial charge in [0.05, 0.1) is 24.6 Å². The van der Waals surface area contributed by atoms with Crippen LogP contribution in [0.3, 0.4) is 0 Å². The highest BCUT2D eigenvalue weighted by atomic mass is 16.5. The number of hydrogen-bond donors (Lipinski definition) is 1. The van der Waals surface area contributed by atoms with Crippen molar-refractivity contribution in [1.29, 1.82) is 5.26 Å². The lowest BCUT2D eigenvalue weighted by Gasteiger charge is -2.07. The van der Waals surface area contributed by atoms with E-state index in [4.69, 9.17) is 11.0 Å². The first kappa shape index (κ1) is 11.6. The van der Waals surface area contributed by atoms with Gasteiger partial charge in [-0.25, -0.2) is 14.8 Å². The van der Waals surface area contributed by atoms with E-state index in [1.807, 2.05) is 6.07 Å². The minimum Gasteiger partial charge on any atom is -0.465 e. The minimum atomic E-state index is -0.560. The van der Waals surface area contributed by atoms with Crippen LogP contribution in [0.15, 0.2) is 24.7 Å². The summed E-state index contributed by atoms with van der Waals surface area (Å²) in [5, 5.41) is 8.87. The van der Waals surface area contributed by atoms with Crippen molar-refractivity contribution in [3.8, 4) is 11.9 Å². The molecule has 0 saturated heterocycles. The molecule has 0 aromatic carbocycles. The predicted molar refractivity (Wildman–Crippen MR) is 61.8 cm³/mol. The van der Waals surface area contributed by atoms with Crippen molar-refractivity contribution >= 4 is 11.7 Å². The van der Waals surface area contributed by atoms with Gasteiger partial charge in [-0.15, -0.1) is 0 Å². The number of methoxy groups -OCH3 is 1. The number of nitrogens with two attached hydrogens (primary N) is 1. The van der Waals surface area contributed by atoms with E-state index in [0.717, 1.165) is 0 Å². The monoisotopic (exact) mass is 243 g/mol. The molecular formula is C11H9N5O2. The molecule has 0 atom stereocenters. The fourth-order valence-corrected chi connectivity index (χ4v) is 1.44. The summed E-state index contributed by atoms with van der Waals surface area (Å²) in [5.74, 6) is -0.0171. The number of hydrogen-bond acceptors (Lipinski definition) is 6. The molecule has 0 amide bonds. The molecule has 0 unspecified atom stereocenters. The molecule has 2 N–H and O–H groups in total. The molecule has 0 saturated carbocycles. The van der Waals surface area contributed by atoms with E-state index in [-0.39, 0.29) is 17.1 Å². The number of nitriles is 1. The zero-order valence-corrected chi connectivity index (χ0v) is 9.49. The zero-order valence-electron chi connectivity index (χ0n) is 9.49. The van der Waals surface area contributed by atoms with Crippen LogP contribution in [0.2, 0.25) is 0 Å². The van der Waals surface area contributed by atoms with E-state index < -0.39 is 5.97 Å². The van der Waals surface area contributed by atoms with Crippen LogP contribution in [0.25, 0.3) is 5.82 Å². The largest absolute Gasteiger partial charge is 0.465 e. The number of aromatic nitrogens is 3. The number of ether oxygens (including phenoxy) is 1. The highest BCUT2D eigenvalue weighted by molar-refractivity contribution is 5.95. The molecule has 2 aromatic rings. The summed E-state index contributed by atoms with van der Waals surface area (Å²) in [7, 11) is 1.26. The summed E-state index contributed by atoms with van der Waals surface area (Å²) in [5.41, 5.74) is 6.04. The van der Waals surface area contributed by atoms with Crippen LogP contribution in [0.4, 0.5) is 5.69 Å². The lowest BCUT2D eigenvalue weighted by molar-refractivity contribution is 0.0602. The third-order valence-corrected chi connectivity index (χ3v) is 2.31. The van der Waals surface area contributed by atoms with E-state index in [1.165, 1.54) is 30.1 Å². The highest BCUT2D eigenvalue weighted by Crippen LogP contribution is 2.16. The van der Waals surface area contributed by atoms with Crippen molar-refractivity contribution in [1.82, 2.24) is 14.5 Å². The molecule has 0 bridgehead atoms. The highest BCUT2D eigenvalue weighted by Gasteiger charge is 2.13. The smallest absolute Gasteiger partial charge is 0.340 e. The Morgan fingerprint density at radius 3 is 3.00 bits per heavy atom. The fraction of sp³-hybridized carbons (Fsp3) is 0.0909. The second-order valence-electron chi connectivity index (χ2n) is 3.35. The molecule has 18 heavy (non-hydrogen) atoms. The van der Waals surface area contributed by atoms with Gasteiger partial charge in [0.2, 0.25) is 5.82 Å². The van der Waals surface area contributed by atoms with Crippen molar-refractivity contribution in [3.63, 3.8) is 0 Å². The number of anilines is 1. The van der Waals surface area contributed by atoms with E-state index in [9.17, 15) is 4.79 Å². The number of carbonyl (C=O) groups is 1. The predicted octanol–water partition coefficient (Wildman–Crippen LogP) is 0.508. The second-order valence-corrected chi connectivity index (χ2v) is 3.35. The van der Waals surface area contributed by atoms with Crippen molar-refractivity contribution < 1.29 is 9.53 Å². The second kappa shape index (κ2) is 4.55. The first-order valence-corrected chi connectivity index (χ1v) is 4.95. The quantitative estimate of drug-likeness (QED) is 0.770. The van der Waals surface area contributed by atoms with E-state index in [2.05, 4.69) is 14.7 Å². The number of imidazole rings is 1. The Hall–Kier alpha value is -2.88. The van der Waals surface area contributed by atoms with Crippen LogP contribution in [0.1, 0.15) is 16.2 Å². The van der Waals surface area contributed by atoms with Gasteiger partial charge in [-0.3, -0.25) is 4.57 Å². The van der Waals surface area contributed by atoms with Gasteiger partial charge in [0.15, 0.2) is 0 Å².